The van der Waals surface area contributed by atoms with E-state index in [2.05, 4.69) is 18.3 Å². The van der Waals surface area contributed by atoms with Crippen molar-refractivity contribution in [3.8, 4) is 6.07 Å². The second kappa shape index (κ2) is 5.16. The zero-order valence-corrected chi connectivity index (χ0v) is 7.84. The summed E-state index contributed by atoms with van der Waals surface area (Å²) in [6.45, 7) is 3.10. The number of rotatable bonds is 4. The van der Waals surface area contributed by atoms with E-state index >= 15 is 0 Å². The van der Waals surface area contributed by atoms with Crippen LogP contribution >= 0.6 is 0 Å². The normalized spacial score (nSPS) is 20.7. The Balaban J connectivity index is 2.10. The fourth-order valence-electron chi connectivity index (χ4n) is 1.98. The van der Waals surface area contributed by atoms with Gasteiger partial charge in [0.05, 0.1) is 6.07 Å². The van der Waals surface area contributed by atoms with Crippen LogP contribution < -0.4 is 5.32 Å². The molecule has 0 aromatic heterocycles. The maximum atomic E-state index is 8.35. The monoisotopic (exact) mass is 166 g/mol. The van der Waals surface area contributed by atoms with Gasteiger partial charge in [-0.1, -0.05) is 12.8 Å². The van der Waals surface area contributed by atoms with Gasteiger partial charge in [-0.3, -0.25) is 0 Å². The second-order valence-electron chi connectivity index (χ2n) is 3.70. The highest BCUT2D eigenvalue weighted by atomic mass is 14.9. The summed E-state index contributed by atoms with van der Waals surface area (Å²) >= 11 is 0. The SMILES string of the molecule is C[C@@H](NCCC#N)C1CCCC1. The van der Waals surface area contributed by atoms with Crippen LogP contribution in [0.1, 0.15) is 39.0 Å². The Morgan fingerprint density at radius 2 is 2.17 bits per heavy atom. The van der Waals surface area contributed by atoms with Crippen LogP contribution in [0.5, 0.6) is 0 Å². The average molecular weight is 166 g/mol. The van der Waals surface area contributed by atoms with Gasteiger partial charge in [-0.05, 0) is 25.7 Å². The lowest BCUT2D eigenvalue weighted by Gasteiger charge is -2.19. The van der Waals surface area contributed by atoms with Crippen LogP contribution in [0.15, 0.2) is 0 Å². The number of nitrogens with zero attached hydrogens (tertiary/aromatic N) is 1. The summed E-state index contributed by atoms with van der Waals surface area (Å²) in [6.07, 6.45) is 6.18. The van der Waals surface area contributed by atoms with Crippen molar-refractivity contribution in [3.63, 3.8) is 0 Å². The number of hydrogen-bond acceptors (Lipinski definition) is 2. The van der Waals surface area contributed by atoms with E-state index in [0.717, 1.165) is 12.5 Å². The van der Waals surface area contributed by atoms with Gasteiger partial charge >= 0.3 is 0 Å². The molecule has 0 radical (unpaired) electrons. The molecule has 0 aromatic rings. The fourth-order valence-corrected chi connectivity index (χ4v) is 1.98. The Kier molecular flexibility index (Phi) is 4.10. The first kappa shape index (κ1) is 9.54. The molecule has 1 atom stereocenters. The molecule has 0 amide bonds. The van der Waals surface area contributed by atoms with Crippen molar-refractivity contribution in [3.05, 3.63) is 0 Å². The molecular formula is C10H18N2. The van der Waals surface area contributed by atoms with Gasteiger partial charge in [0.25, 0.3) is 0 Å². The van der Waals surface area contributed by atoms with Gasteiger partial charge in [0.2, 0.25) is 0 Å². The van der Waals surface area contributed by atoms with Gasteiger partial charge in [-0.15, -0.1) is 0 Å². The summed E-state index contributed by atoms with van der Waals surface area (Å²) in [7, 11) is 0. The Morgan fingerprint density at radius 3 is 2.75 bits per heavy atom. The lowest BCUT2D eigenvalue weighted by atomic mass is 10.00. The smallest absolute Gasteiger partial charge is 0.0635 e. The van der Waals surface area contributed by atoms with Crippen molar-refractivity contribution < 1.29 is 0 Å². The quantitative estimate of drug-likeness (QED) is 0.649. The van der Waals surface area contributed by atoms with E-state index < -0.39 is 0 Å². The van der Waals surface area contributed by atoms with Crippen LogP contribution in [0.3, 0.4) is 0 Å². The minimum atomic E-state index is 0.612. The molecule has 2 nitrogen and oxygen atoms in total. The summed E-state index contributed by atoms with van der Waals surface area (Å²) < 4.78 is 0. The molecule has 0 spiro atoms. The van der Waals surface area contributed by atoms with E-state index in [9.17, 15) is 0 Å². The molecule has 0 aliphatic heterocycles. The predicted molar refractivity (Wildman–Crippen MR) is 49.7 cm³/mol. The van der Waals surface area contributed by atoms with Gasteiger partial charge in [-0.2, -0.15) is 5.26 Å². The topological polar surface area (TPSA) is 35.8 Å². The van der Waals surface area contributed by atoms with Gasteiger partial charge in [0.15, 0.2) is 0 Å². The standard InChI is InChI=1S/C10H18N2/c1-9(12-8-4-7-11)10-5-2-3-6-10/h9-10,12H,2-6,8H2,1H3/t9-/m1/s1. The first-order valence-electron chi connectivity index (χ1n) is 4.95. The minimum absolute atomic E-state index is 0.612. The third-order valence-electron chi connectivity index (χ3n) is 2.81. The Morgan fingerprint density at radius 1 is 1.50 bits per heavy atom. The summed E-state index contributed by atoms with van der Waals surface area (Å²) in [4.78, 5) is 0. The molecule has 0 bridgehead atoms. The minimum Gasteiger partial charge on any atom is -0.313 e. The maximum absolute atomic E-state index is 8.35. The molecule has 0 unspecified atom stereocenters. The third kappa shape index (κ3) is 2.83. The first-order chi connectivity index (χ1) is 5.84. The van der Waals surface area contributed by atoms with E-state index in [4.69, 9.17) is 5.26 Å². The van der Waals surface area contributed by atoms with E-state index in [1.165, 1.54) is 25.7 Å². The number of nitriles is 1. The van der Waals surface area contributed by atoms with Gasteiger partial charge < -0.3 is 5.32 Å². The molecule has 12 heavy (non-hydrogen) atoms. The number of nitrogens with one attached hydrogen (secondary N) is 1. The van der Waals surface area contributed by atoms with Gasteiger partial charge in [0.1, 0.15) is 0 Å². The van der Waals surface area contributed by atoms with E-state index in [-0.39, 0.29) is 0 Å². The summed E-state index contributed by atoms with van der Waals surface area (Å²) in [5.41, 5.74) is 0. The predicted octanol–water partition coefficient (Wildman–Crippen LogP) is 2.07. The largest absolute Gasteiger partial charge is 0.313 e. The lowest BCUT2D eigenvalue weighted by molar-refractivity contribution is 0.385. The fraction of sp³-hybridized carbons (Fsp3) is 0.900. The van der Waals surface area contributed by atoms with Crippen molar-refractivity contribution in [2.75, 3.05) is 6.54 Å². The van der Waals surface area contributed by atoms with Crippen molar-refractivity contribution in [1.82, 2.24) is 5.32 Å². The van der Waals surface area contributed by atoms with Crippen LogP contribution in [0.4, 0.5) is 0 Å². The first-order valence-corrected chi connectivity index (χ1v) is 4.95. The zero-order valence-electron chi connectivity index (χ0n) is 7.84. The van der Waals surface area contributed by atoms with Crippen LogP contribution in [0, 0.1) is 17.2 Å². The van der Waals surface area contributed by atoms with E-state index in [1.807, 2.05) is 0 Å². The van der Waals surface area contributed by atoms with Crippen LogP contribution in [0.2, 0.25) is 0 Å². The Hall–Kier alpha value is -0.550. The van der Waals surface area contributed by atoms with E-state index in [0.29, 0.717) is 12.5 Å². The third-order valence-corrected chi connectivity index (χ3v) is 2.81. The highest BCUT2D eigenvalue weighted by molar-refractivity contribution is 4.79. The zero-order chi connectivity index (χ0) is 8.81. The Bertz CT molecular complexity index is 154. The molecule has 1 rings (SSSR count). The van der Waals surface area contributed by atoms with Crippen molar-refractivity contribution in [2.45, 2.75) is 45.1 Å². The van der Waals surface area contributed by atoms with Gasteiger partial charge in [0, 0.05) is 19.0 Å². The van der Waals surface area contributed by atoms with E-state index in [1.54, 1.807) is 0 Å². The molecule has 0 heterocycles. The molecule has 1 aliphatic carbocycles. The van der Waals surface area contributed by atoms with Crippen LogP contribution in [-0.2, 0) is 0 Å². The summed E-state index contributed by atoms with van der Waals surface area (Å²) in [5.74, 6) is 0.865. The molecule has 0 aromatic carbocycles. The highest BCUT2D eigenvalue weighted by Crippen LogP contribution is 2.27. The molecular weight excluding hydrogens is 148 g/mol. The molecule has 68 valence electrons. The molecule has 1 saturated carbocycles. The average Bonchev–Trinajstić information content (AvgIpc) is 2.56. The molecule has 2 heteroatoms. The molecule has 1 fully saturated rings. The summed E-state index contributed by atoms with van der Waals surface area (Å²) in [5, 5.41) is 11.8. The highest BCUT2D eigenvalue weighted by Gasteiger charge is 2.20. The number of hydrogen-bond donors (Lipinski definition) is 1. The maximum Gasteiger partial charge on any atom is 0.0635 e. The van der Waals surface area contributed by atoms with Crippen molar-refractivity contribution in [2.24, 2.45) is 5.92 Å². The molecule has 1 aliphatic rings. The second-order valence-corrected chi connectivity index (χ2v) is 3.70. The van der Waals surface area contributed by atoms with Crippen molar-refractivity contribution in [1.29, 1.82) is 5.26 Å². The van der Waals surface area contributed by atoms with Crippen LogP contribution in [-0.4, -0.2) is 12.6 Å². The van der Waals surface area contributed by atoms with Crippen molar-refractivity contribution >= 4 is 0 Å². The molecule has 1 N–H and O–H groups in total. The van der Waals surface area contributed by atoms with Gasteiger partial charge in [-0.25, -0.2) is 0 Å². The Labute approximate surface area is 75.0 Å². The van der Waals surface area contributed by atoms with Crippen LogP contribution in [0.25, 0.3) is 0 Å². The molecule has 0 saturated heterocycles. The lowest BCUT2D eigenvalue weighted by Crippen LogP contribution is -2.32. The summed E-state index contributed by atoms with van der Waals surface area (Å²) in [6, 6.07) is 2.76.